The summed E-state index contributed by atoms with van der Waals surface area (Å²) in [4.78, 5) is 3.21. The smallest absolute Gasteiger partial charge is 0.182 e. The topological polar surface area (TPSA) is 20.7 Å². The Balaban J connectivity index is 2.39. The number of aromatic amines is 1. The molecule has 2 nitrogen and oxygen atoms in total. The number of hydrogen-bond acceptors (Lipinski definition) is 1. The summed E-state index contributed by atoms with van der Waals surface area (Å²) in [6.07, 6.45) is 0. The summed E-state index contributed by atoms with van der Waals surface area (Å²) in [7, 11) is 0. The number of halogens is 1. The molecule has 1 N–H and O–H groups in total. The molecule has 0 aliphatic heterocycles. The van der Waals surface area contributed by atoms with Crippen LogP contribution >= 0.6 is 23.8 Å². The van der Waals surface area contributed by atoms with Crippen molar-refractivity contribution in [1.29, 1.82) is 0 Å². The third kappa shape index (κ3) is 2.07. The van der Waals surface area contributed by atoms with E-state index in [0.717, 1.165) is 16.7 Å². The van der Waals surface area contributed by atoms with Gasteiger partial charge in [-0.3, -0.25) is 4.57 Å². The molecule has 1 aromatic heterocycles. The van der Waals surface area contributed by atoms with Crippen molar-refractivity contribution in [3.63, 3.8) is 0 Å². The van der Waals surface area contributed by atoms with Crippen LogP contribution in [-0.4, -0.2) is 9.55 Å². The Labute approximate surface area is 128 Å². The molecule has 0 aliphatic carbocycles. The van der Waals surface area contributed by atoms with Crippen LogP contribution in [0, 0.1) is 4.77 Å². The zero-order valence-electron chi connectivity index (χ0n) is 11.4. The van der Waals surface area contributed by atoms with Crippen LogP contribution in [-0.2, 0) is 0 Å². The molecule has 102 valence electrons. The molecule has 0 radical (unpaired) electrons. The Hall–Kier alpha value is -1.58. The van der Waals surface area contributed by atoms with Gasteiger partial charge in [-0.05, 0) is 41.9 Å². The van der Waals surface area contributed by atoms with E-state index < -0.39 is 0 Å². The largest absolute Gasteiger partial charge is 0.329 e. The maximum atomic E-state index is 6.24. The Kier molecular flexibility index (Phi) is 3.40. The first-order valence-electron chi connectivity index (χ1n) is 6.58. The fourth-order valence-corrected chi connectivity index (χ4v) is 3.03. The van der Waals surface area contributed by atoms with Crippen molar-refractivity contribution in [1.82, 2.24) is 9.55 Å². The summed E-state index contributed by atoms with van der Waals surface area (Å²) in [5.41, 5.74) is 4.28. The van der Waals surface area contributed by atoms with Crippen molar-refractivity contribution in [2.45, 2.75) is 19.8 Å². The van der Waals surface area contributed by atoms with Crippen LogP contribution in [0.15, 0.2) is 42.5 Å². The first kappa shape index (κ1) is 13.4. The van der Waals surface area contributed by atoms with Gasteiger partial charge in [-0.2, -0.15) is 0 Å². The lowest BCUT2D eigenvalue weighted by molar-refractivity contribution is 0.848. The number of para-hydroxylation sites is 2. The van der Waals surface area contributed by atoms with E-state index in [1.165, 1.54) is 5.56 Å². The predicted molar refractivity (Wildman–Crippen MR) is 87.6 cm³/mol. The number of benzene rings is 2. The summed E-state index contributed by atoms with van der Waals surface area (Å²) >= 11 is 11.7. The molecule has 0 amide bonds. The maximum absolute atomic E-state index is 6.24. The highest BCUT2D eigenvalue weighted by molar-refractivity contribution is 7.71. The number of imidazole rings is 1. The van der Waals surface area contributed by atoms with Gasteiger partial charge >= 0.3 is 0 Å². The molecule has 0 atom stereocenters. The molecule has 0 aliphatic rings. The van der Waals surface area contributed by atoms with Gasteiger partial charge in [0.15, 0.2) is 4.77 Å². The molecule has 1 heterocycles. The Morgan fingerprint density at radius 2 is 1.85 bits per heavy atom. The van der Waals surface area contributed by atoms with E-state index in [-0.39, 0.29) is 0 Å². The third-order valence-corrected chi connectivity index (χ3v) is 4.07. The van der Waals surface area contributed by atoms with Gasteiger partial charge in [0.1, 0.15) is 0 Å². The van der Waals surface area contributed by atoms with E-state index in [1.807, 2.05) is 24.3 Å². The monoisotopic (exact) mass is 302 g/mol. The zero-order chi connectivity index (χ0) is 14.3. The van der Waals surface area contributed by atoms with Crippen LogP contribution < -0.4 is 0 Å². The van der Waals surface area contributed by atoms with Crippen LogP contribution in [0.1, 0.15) is 25.3 Å². The molecule has 0 bridgehead atoms. The molecule has 0 saturated heterocycles. The molecule has 0 spiro atoms. The van der Waals surface area contributed by atoms with E-state index in [1.54, 1.807) is 0 Å². The van der Waals surface area contributed by atoms with Gasteiger partial charge in [-0.25, -0.2) is 0 Å². The summed E-state index contributed by atoms with van der Waals surface area (Å²) in [5.74, 6) is 0.428. The first-order valence-corrected chi connectivity index (χ1v) is 7.36. The van der Waals surface area contributed by atoms with Crippen LogP contribution in [0.3, 0.4) is 0 Å². The number of aromatic nitrogens is 2. The van der Waals surface area contributed by atoms with Crippen molar-refractivity contribution in [3.8, 4) is 5.69 Å². The molecule has 0 fully saturated rings. The van der Waals surface area contributed by atoms with E-state index in [9.17, 15) is 0 Å². The van der Waals surface area contributed by atoms with Gasteiger partial charge in [0.25, 0.3) is 0 Å². The minimum Gasteiger partial charge on any atom is -0.329 e. The molecule has 0 saturated carbocycles. The van der Waals surface area contributed by atoms with E-state index in [2.05, 4.69) is 41.6 Å². The highest BCUT2D eigenvalue weighted by atomic mass is 35.5. The summed E-state index contributed by atoms with van der Waals surface area (Å²) in [6, 6.07) is 14.2. The normalized spacial score (nSPS) is 11.4. The van der Waals surface area contributed by atoms with Gasteiger partial charge in [-0.15, -0.1) is 0 Å². The maximum Gasteiger partial charge on any atom is 0.182 e. The zero-order valence-corrected chi connectivity index (χ0v) is 12.9. The predicted octanol–water partition coefficient (Wildman–Crippen LogP) is 5.46. The highest BCUT2D eigenvalue weighted by Crippen LogP contribution is 2.29. The molecule has 0 unspecified atom stereocenters. The van der Waals surface area contributed by atoms with Gasteiger partial charge in [-0.1, -0.05) is 49.7 Å². The lowest BCUT2D eigenvalue weighted by Crippen LogP contribution is -2.01. The average molecular weight is 303 g/mol. The summed E-state index contributed by atoms with van der Waals surface area (Å²) < 4.78 is 2.73. The molecule has 20 heavy (non-hydrogen) atoms. The number of fused-ring (bicyclic) bond motifs is 1. The SMILES string of the molecule is CC(C)c1ccccc1-n1c(=S)[nH]c2c(Cl)cccc21. The van der Waals surface area contributed by atoms with Crippen molar-refractivity contribution in [2.24, 2.45) is 0 Å². The molecule has 2 aromatic carbocycles. The molecule has 3 rings (SSSR count). The Morgan fingerprint density at radius 1 is 1.10 bits per heavy atom. The molecular formula is C16H15ClN2S. The number of nitrogens with one attached hydrogen (secondary N) is 1. The van der Waals surface area contributed by atoms with Crippen LogP contribution in [0.5, 0.6) is 0 Å². The van der Waals surface area contributed by atoms with Crippen molar-refractivity contribution >= 4 is 34.9 Å². The van der Waals surface area contributed by atoms with Gasteiger partial charge in [0, 0.05) is 0 Å². The lowest BCUT2D eigenvalue weighted by atomic mass is 10.0. The minimum absolute atomic E-state index is 0.428. The van der Waals surface area contributed by atoms with Gasteiger partial charge in [0.2, 0.25) is 0 Å². The van der Waals surface area contributed by atoms with Crippen molar-refractivity contribution in [2.75, 3.05) is 0 Å². The molecule has 4 heteroatoms. The number of H-pyrrole nitrogens is 1. The molecule has 3 aromatic rings. The van der Waals surface area contributed by atoms with E-state index >= 15 is 0 Å². The second-order valence-corrected chi connectivity index (χ2v) is 5.91. The Bertz CT molecular complexity index is 830. The van der Waals surface area contributed by atoms with Crippen LogP contribution in [0.2, 0.25) is 5.02 Å². The number of nitrogens with zero attached hydrogens (tertiary/aromatic N) is 1. The quantitative estimate of drug-likeness (QED) is 0.623. The minimum atomic E-state index is 0.428. The fourth-order valence-electron chi connectivity index (χ4n) is 2.51. The number of hydrogen-bond donors (Lipinski definition) is 1. The lowest BCUT2D eigenvalue weighted by Gasteiger charge is -2.14. The van der Waals surface area contributed by atoms with Crippen molar-refractivity contribution in [3.05, 3.63) is 57.8 Å². The average Bonchev–Trinajstić information content (AvgIpc) is 2.76. The second kappa shape index (κ2) is 5.08. The summed E-state index contributed by atoms with van der Waals surface area (Å²) in [5, 5.41) is 0.689. The standard InChI is InChI=1S/C16H15ClN2S/c1-10(2)11-6-3-4-8-13(11)19-14-9-5-7-12(17)15(14)18-16(19)20/h3-10H,1-2H3,(H,18,20). The highest BCUT2D eigenvalue weighted by Gasteiger charge is 2.13. The molecular weight excluding hydrogens is 288 g/mol. The van der Waals surface area contributed by atoms with Crippen LogP contribution in [0.25, 0.3) is 16.7 Å². The van der Waals surface area contributed by atoms with Crippen molar-refractivity contribution < 1.29 is 0 Å². The fraction of sp³-hybridized carbons (Fsp3) is 0.188. The third-order valence-electron chi connectivity index (χ3n) is 3.47. The first-order chi connectivity index (χ1) is 9.59. The van der Waals surface area contributed by atoms with Crippen LogP contribution in [0.4, 0.5) is 0 Å². The number of rotatable bonds is 2. The van der Waals surface area contributed by atoms with Gasteiger partial charge < -0.3 is 4.98 Å². The summed E-state index contributed by atoms with van der Waals surface area (Å²) in [6.45, 7) is 4.37. The van der Waals surface area contributed by atoms with Gasteiger partial charge in [0.05, 0.1) is 21.7 Å². The Morgan fingerprint density at radius 3 is 2.60 bits per heavy atom. The van der Waals surface area contributed by atoms with E-state index in [4.69, 9.17) is 23.8 Å². The second-order valence-electron chi connectivity index (χ2n) is 5.11. The van der Waals surface area contributed by atoms with E-state index in [0.29, 0.717) is 15.7 Å².